The first-order valence-electron chi connectivity index (χ1n) is 19.4. The molecule has 0 unspecified atom stereocenters. The molecule has 7 rings (SSSR count). The summed E-state index contributed by atoms with van der Waals surface area (Å²) in [6.07, 6.45) is 13.1. The monoisotopic (exact) mass is 702 g/mol. The van der Waals surface area contributed by atoms with Gasteiger partial charge in [-0.2, -0.15) is 5.10 Å². The summed E-state index contributed by atoms with van der Waals surface area (Å²) >= 11 is 0. The summed E-state index contributed by atoms with van der Waals surface area (Å²) in [7, 11) is 0. The van der Waals surface area contributed by atoms with Gasteiger partial charge in [0, 0.05) is 40.9 Å². The molecule has 0 bridgehead atoms. The number of pyridine rings is 1. The summed E-state index contributed by atoms with van der Waals surface area (Å²) < 4.78 is 11.1. The van der Waals surface area contributed by atoms with Gasteiger partial charge in [-0.15, -0.1) is 0 Å². The topological polar surface area (TPSA) is 44.9 Å². The van der Waals surface area contributed by atoms with Crippen molar-refractivity contribution in [1.82, 2.24) is 19.3 Å². The Labute approximate surface area is 315 Å². The van der Waals surface area contributed by atoms with E-state index in [1.165, 1.54) is 86.5 Å². The number of rotatable bonds is 11. The average Bonchev–Trinajstić information content (AvgIpc) is 3.76. The molecular formula is C48H54N4O. The first-order chi connectivity index (χ1) is 25.5. The number of ether oxygens (including phenoxy) is 1. The van der Waals surface area contributed by atoms with Crippen molar-refractivity contribution in [1.29, 1.82) is 0 Å². The molecule has 0 saturated heterocycles. The van der Waals surface area contributed by atoms with Crippen molar-refractivity contribution in [2.45, 2.75) is 106 Å². The molecule has 0 aliphatic heterocycles. The normalized spacial score (nSPS) is 11.9. The molecule has 0 saturated carbocycles. The van der Waals surface area contributed by atoms with Crippen molar-refractivity contribution < 1.29 is 4.74 Å². The van der Waals surface area contributed by atoms with Gasteiger partial charge < -0.3 is 4.74 Å². The first-order valence-corrected chi connectivity index (χ1v) is 19.4. The molecule has 5 nitrogen and oxygen atoms in total. The molecule has 272 valence electrons. The zero-order valence-corrected chi connectivity index (χ0v) is 33.1. The maximum Gasteiger partial charge on any atom is 0.137 e. The molecule has 0 amide bonds. The van der Waals surface area contributed by atoms with Crippen LogP contribution < -0.4 is 4.74 Å². The van der Waals surface area contributed by atoms with Crippen molar-refractivity contribution in [2.24, 2.45) is 0 Å². The molecule has 0 N–H and O–H groups in total. The number of aromatic nitrogens is 4. The van der Waals surface area contributed by atoms with E-state index in [1.807, 2.05) is 16.9 Å². The van der Waals surface area contributed by atoms with Crippen molar-refractivity contribution >= 4 is 21.8 Å². The highest BCUT2D eigenvalue weighted by Crippen LogP contribution is 2.39. The van der Waals surface area contributed by atoms with Crippen molar-refractivity contribution in [3.63, 3.8) is 0 Å². The molecule has 0 atom stereocenters. The summed E-state index contributed by atoms with van der Waals surface area (Å²) in [6, 6.07) is 25.7. The molecule has 53 heavy (non-hydrogen) atoms. The lowest BCUT2D eigenvalue weighted by Crippen LogP contribution is -2.12. The summed E-state index contributed by atoms with van der Waals surface area (Å²) in [5.41, 5.74) is 15.3. The van der Waals surface area contributed by atoms with Gasteiger partial charge in [0.1, 0.15) is 17.3 Å². The number of hydrogen-bond acceptors (Lipinski definition) is 3. The minimum absolute atomic E-state index is 0.0941. The van der Waals surface area contributed by atoms with Gasteiger partial charge in [0.15, 0.2) is 0 Å². The smallest absolute Gasteiger partial charge is 0.137 e. The Morgan fingerprint density at radius 1 is 0.698 bits per heavy atom. The maximum atomic E-state index is 6.78. The van der Waals surface area contributed by atoms with Crippen LogP contribution in [0.2, 0.25) is 0 Å². The molecule has 3 aromatic heterocycles. The van der Waals surface area contributed by atoms with E-state index in [-0.39, 0.29) is 5.41 Å². The molecule has 0 spiro atoms. The Morgan fingerprint density at radius 3 is 2.08 bits per heavy atom. The van der Waals surface area contributed by atoms with Gasteiger partial charge >= 0.3 is 0 Å². The van der Waals surface area contributed by atoms with Gasteiger partial charge in [0.25, 0.3) is 0 Å². The van der Waals surface area contributed by atoms with Crippen LogP contribution in [-0.2, 0) is 18.3 Å². The molecule has 5 heteroatoms. The Kier molecular flexibility index (Phi) is 10.0. The Morgan fingerprint density at radius 2 is 1.40 bits per heavy atom. The second-order valence-corrected chi connectivity index (χ2v) is 15.9. The Balaban J connectivity index is 1.32. The number of fused-ring (bicyclic) bond motifs is 3. The lowest BCUT2D eigenvalue weighted by atomic mass is 9.82. The molecule has 0 aliphatic rings. The van der Waals surface area contributed by atoms with Crippen LogP contribution in [-0.4, -0.2) is 19.3 Å². The first kappa shape index (κ1) is 36.2. The highest BCUT2D eigenvalue weighted by atomic mass is 16.5. The second kappa shape index (κ2) is 14.7. The van der Waals surface area contributed by atoms with Crippen LogP contribution in [0.15, 0.2) is 91.4 Å². The predicted molar refractivity (Wildman–Crippen MR) is 223 cm³/mol. The van der Waals surface area contributed by atoms with Crippen LogP contribution >= 0.6 is 0 Å². The molecule has 0 fully saturated rings. The van der Waals surface area contributed by atoms with Gasteiger partial charge in [-0.3, -0.25) is 4.57 Å². The van der Waals surface area contributed by atoms with Gasteiger partial charge in [0.05, 0.1) is 22.9 Å². The van der Waals surface area contributed by atoms with Crippen LogP contribution in [0.3, 0.4) is 0 Å². The predicted octanol–water partition coefficient (Wildman–Crippen LogP) is 13.0. The van der Waals surface area contributed by atoms with Crippen LogP contribution in [0.5, 0.6) is 11.5 Å². The molecule has 3 heterocycles. The zero-order chi connectivity index (χ0) is 37.4. The molecule has 0 radical (unpaired) electrons. The number of aryl methyl sites for hydroxylation is 1. The van der Waals surface area contributed by atoms with Gasteiger partial charge in [-0.25, -0.2) is 9.67 Å². The third-order valence-electron chi connectivity index (χ3n) is 11.1. The van der Waals surface area contributed by atoms with E-state index in [4.69, 9.17) is 14.8 Å². The molecule has 7 aromatic rings. The van der Waals surface area contributed by atoms with E-state index < -0.39 is 0 Å². The molecule has 0 aliphatic carbocycles. The summed E-state index contributed by atoms with van der Waals surface area (Å²) in [5, 5.41) is 7.39. The standard InChI is InChI=1S/C48H54N4O/c1-10-12-16-40-33(5)32(4)34(6)41(17-13-11-2)47(40)35-29-50-51(30-35)37-25-36(48(7,8)9)26-39(27-37)53-38-20-21-43-42-18-14-15-19-44(42)52(45(43)28-38)46-24-31(3)22-23-49-46/h14-15,18-30H,10-13,16-17H2,1-9H3. The van der Waals surface area contributed by atoms with Crippen molar-refractivity contribution in [3.8, 4) is 34.1 Å². The van der Waals surface area contributed by atoms with E-state index in [1.54, 1.807) is 0 Å². The van der Waals surface area contributed by atoms with E-state index in [2.05, 4.69) is 146 Å². The minimum Gasteiger partial charge on any atom is -0.457 e. The summed E-state index contributed by atoms with van der Waals surface area (Å²) in [4.78, 5) is 4.77. The minimum atomic E-state index is -0.0941. The van der Waals surface area contributed by atoms with Crippen LogP contribution in [0.4, 0.5) is 0 Å². The van der Waals surface area contributed by atoms with Crippen LogP contribution in [0, 0.1) is 27.7 Å². The van der Waals surface area contributed by atoms with E-state index in [9.17, 15) is 0 Å². The van der Waals surface area contributed by atoms with Crippen molar-refractivity contribution in [2.75, 3.05) is 0 Å². The zero-order valence-electron chi connectivity index (χ0n) is 33.1. The van der Waals surface area contributed by atoms with Gasteiger partial charge in [-0.05, 0) is 146 Å². The van der Waals surface area contributed by atoms with Gasteiger partial charge in [0.2, 0.25) is 0 Å². The second-order valence-electron chi connectivity index (χ2n) is 15.9. The fourth-order valence-electron chi connectivity index (χ4n) is 7.81. The third-order valence-corrected chi connectivity index (χ3v) is 11.1. The summed E-state index contributed by atoms with van der Waals surface area (Å²) in [5.74, 6) is 2.46. The Bertz CT molecular complexity index is 2400. The van der Waals surface area contributed by atoms with Crippen molar-refractivity contribution in [3.05, 3.63) is 130 Å². The van der Waals surface area contributed by atoms with E-state index >= 15 is 0 Å². The molecular weight excluding hydrogens is 649 g/mol. The van der Waals surface area contributed by atoms with E-state index in [0.717, 1.165) is 46.9 Å². The van der Waals surface area contributed by atoms with Crippen LogP contribution in [0.25, 0.3) is 44.4 Å². The fourth-order valence-corrected chi connectivity index (χ4v) is 7.81. The summed E-state index contributed by atoms with van der Waals surface area (Å²) in [6.45, 7) is 20.4. The third kappa shape index (κ3) is 7.02. The highest BCUT2D eigenvalue weighted by molar-refractivity contribution is 6.09. The number of hydrogen-bond donors (Lipinski definition) is 0. The number of para-hydroxylation sites is 1. The highest BCUT2D eigenvalue weighted by Gasteiger charge is 2.22. The lowest BCUT2D eigenvalue weighted by molar-refractivity contribution is 0.478. The van der Waals surface area contributed by atoms with Gasteiger partial charge in [-0.1, -0.05) is 65.7 Å². The lowest BCUT2D eigenvalue weighted by Gasteiger charge is -2.22. The number of nitrogens with zero attached hydrogens (tertiary/aromatic N) is 4. The number of unbranched alkanes of at least 4 members (excludes halogenated alkanes) is 2. The van der Waals surface area contributed by atoms with Crippen LogP contribution in [0.1, 0.15) is 99.2 Å². The largest absolute Gasteiger partial charge is 0.457 e. The maximum absolute atomic E-state index is 6.78. The average molecular weight is 703 g/mol. The SMILES string of the molecule is CCCCc1c(C)c(C)c(C)c(CCCC)c1-c1cnn(-c2cc(Oc3ccc4c5ccccc5n(-c5cc(C)ccn5)c4c3)cc(C(C)(C)C)c2)c1. The number of benzene rings is 4. The van der Waals surface area contributed by atoms with E-state index in [0.29, 0.717) is 0 Å². The Hall–Kier alpha value is -5.16. The quantitative estimate of drug-likeness (QED) is 0.135. The fraction of sp³-hybridized carbons (Fsp3) is 0.333. The molecule has 4 aromatic carbocycles.